The van der Waals surface area contributed by atoms with Crippen molar-refractivity contribution in [3.63, 3.8) is 0 Å². The Balaban J connectivity index is 1.59. The Bertz CT molecular complexity index is 920. The maximum absolute atomic E-state index is 12.5. The van der Waals surface area contributed by atoms with Crippen LogP contribution in [0.5, 0.6) is 5.75 Å². The molecule has 0 saturated carbocycles. The number of methoxy groups -OCH3 is 1. The highest BCUT2D eigenvalue weighted by Crippen LogP contribution is 2.35. The Hall–Kier alpha value is -2.81. The van der Waals surface area contributed by atoms with Crippen molar-refractivity contribution in [2.24, 2.45) is 0 Å². The Labute approximate surface area is 141 Å². The third kappa shape index (κ3) is 2.62. The van der Waals surface area contributed by atoms with Crippen LogP contribution in [0.3, 0.4) is 0 Å². The zero-order valence-electron chi connectivity index (χ0n) is 13.6. The molecule has 0 aliphatic heterocycles. The summed E-state index contributed by atoms with van der Waals surface area (Å²) in [6, 6.07) is 18.1. The molecule has 120 valence electrons. The molecule has 0 spiro atoms. The minimum absolute atomic E-state index is 0.0121. The average molecular weight is 317 g/mol. The largest absolute Gasteiger partial charge is 0.497 e. The van der Waals surface area contributed by atoms with Crippen LogP contribution in [0.4, 0.5) is 5.69 Å². The minimum atomic E-state index is -0.0121. The summed E-state index contributed by atoms with van der Waals surface area (Å²) in [4.78, 5) is 12.5. The quantitative estimate of drug-likeness (QED) is 0.786. The second kappa shape index (κ2) is 6.00. The summed E-state index contributed by atoms with van der Waals surface area (Å²) in [6.45, 7) is 0. The molecular weight excluding hydrogens is 298 g/mol. The van der Waals surface area contributed by atoms with E-state index in [4.69, 9.17) is 4.74 Å². The predicted molar refractivity (Wildman–Crippen MR) is 96.7 cm³/mol. The minimum Gasteiger partial charge on any atom is -0.497 e. The smallest absolute Gasteiger partial charge is 0.228 e. The number of anilines is 1. The molecule has 3 heteroatoms. The number of nitrogens with one attached hydrogen (secondary N) is 1. The van der Waals surface area contributed by atoms with Crippen molar-refractivity contribution in [2.45, 2.75) is 19.3 Å². The lowest BCUT2D eigenvalue weighted by atomic mass is 10.0. The van der Waals surface area contributed by atoms with Gasteiger partial charge in [-0.05, 0) is 53.1 Å². The Morgan fingerprint density at radius 2 is 1.83 bits per heavy atom. The first-order valence-electron chi connectivity index (χ1n) is 8.21. The van der Waals surface area contributed by atoms with E-state index in [0.29, 0.717) is 6.42 Å². The van der Waals surface area contributed by atoms with E-state index >= 15 is 0 Å². The van der Waals surface area contributed by atoms with Gasteiger partial charge in [0.15, 0.2) is 0 Å². The van der Waals surface area contributed by atoms with Crippen LogP contribution in [-0.2, 0) is 24.1 Å². The van der Waals surface area contributed by atoms with Gasteiger partial charge in [0.1, 0.15) is 5.75 Å². The van der Waals surface area contributed by atoms with Crippen LogP contribution in [-0.4, -0.2) is 13.0 Å². The molecule has 24 heavy (non-hydrogen) atoms. The van der Waals surface area contributed by atoms with Crippen LogP contribution < -0.4 is 10.1 Å². The number of carbonyl (C=O) groups is 1. The van der Waals surface area contributed by atoms with Crippen LogP contribution in [0.1, 0.15) is 16.7 Å². The van der Waals surface area contributed by atoms with Crippen molar-refractivity contribution in [3.05, 3.63) is 71.3 Å². The third-order valence-electron chi connectivity index (χ3n) is 4.65. The summed E-state index contributed by atoms with van der Waals surface area (Å²) in [5.41, 5.74) is 4.60. The summed E-state index contributed by atoms with van der Waals surface area (Å²) in [7, 11) is 1.63. The monoisotopic (exact) mass is 317 g/mol. The first kappa shape index (κ1) is 14.8. The molecule has 3 aromatic carbocycles. The lowest BCUT2D eigenvalue weighted by molar-refractivity contribution is -0.115. The lowest BCUT2D eigenvalue weighted by Crippen LogP contribution is -2.14. The molecule has 1 aliphatic carbocycles. The van der Waals surface area contributed by atoms with E-state index in [9.17, 15) is 4.79 Å². The van der Waals surface area contributed by atoms with Gasteiger partial charge in [0.05, 0.1) is 13.5 Å². The number of hydrogen-bond acceptors (Lipinski definition) is 2. The van der Waals surface area contributed by atoms with Crippen LogP contribution in [0.25, 0.3) is 10.8 Å². The van der Waals surface area contributed by atoms with Gasteiger partial charge in [0.25, 0.3) is 0 Å². The van der Waals surface area contributed by atoms with Crippen molar-refractivity contribution in [2.75, 3.05) is 12.4 Å². The van der Waals surface area contributed by atoms with Gasteiger partial charge in [0, 0.05) is 11.1 Å². The summed E-state index contributed by atoms with van der Waals surface area (Å²) in [5.74, 6) is 0.757. The lowest BCUT2D eigenvalue weighted by Gasteiger charge is -2.11. The second-order valence-corrected chi connectivity index (χ2v) is 6.19. The number of hydrogen-bond donors (Lipinski definition) is 1. The van der Waals surface area contributed by atoms with Gasteiger partial charge in [-0.3, -0.25) is 4.79 Å². The van der Waals surface area contributed by atoms with E-state index in [2.05, 4.69) is 29.6 Å². The van der Waals surface area contributed by atoms with Gasteiger partial charge in [-0.2, -0.15) is 0 Å². The molecule has 4 rings (SSSR count). The normalized spacial score (nSPS) is 12.4. The maximum atomic E-state index is 12.5. The van der Waals surface area contributed by atoms with Gasteiger partial charge >= 0.3 is 0 Å². The van der Waals surface area contributed by atoms with Crippen LogP contribution in [0.15, 0.2) is 54.6 Å². The highest BCUT2D eigenvalue weighted by Gasteiger charge is 2.16. The zero-order valence-corrected chi connectivity index (χ0v) is 13.6. The van der Waals surface area contributed by atoms with Gasteiger partial charge in [-0.1, -0.05) is 36.4 Å². The molecule has 1 aliphatic rings. The van der Waals surface area contributed by atoms with Gasteiger partial charge in [-0.25, -0.2) is 0 Å². The summed E-state index contributed by atoms with van der Waals surface area (Å²) in [5, 5.41) is 5.53. The fourth-order valence-electron chi connectivity index (χ4n) is 3.52. The number of amides is 1. The molecule has 1 N–H and O–H groups in total. The van der Waals surface area contributed by atoms with Gasteiger partial charge in [-0.15, -0.1) is 0 Å². The van der Waals surface area contributed by atoms with Crippen molar-refractivity contribution < 1.29 is 9.53 Å². The van der Waals surface area contributed by atoms with Crippen LogP contribution in [0, 0.1) is 0 Å². The van der Waals surface area contributed by atoms with Gasteiger partial charge in [0.2, 0.25) is 5.91 Å². The molecule has 0 unspecified atom stereocenters. The Morgan fingerprint density at radius 3 is 2.67 bits per heavy atom. The molecule has 0 aromatic heterocycles. The number of carbonyl (C=O) groups excluding carboxylic acids is 1. The first-order valence-corrected chi connectivity index (χ1v) is 8.21. The molecular formula is C21H19NO2. The Morgan fingerprint density at radius 1 is 1.04 bits per heavy atom. The number of benzene rings is 3. The van der Waals surface area contributed by atoms with E-state index in [1.54, 1.807) is 7.11 Å². The van der Waals surface area contributed by atoms with Crippen molar-refractivity contribution in [3.8, 4) is 5.75 Å². The number of aryl methyl sites for hydroxylation is 2. The van der Waals surface area contributed by atoms with Crippen molar-refractivity contribution in [1.82, 2.24) is 0 Å². The molecule has 3 nitrogen and oxygen atoms in total. The molecule has 0 saturated heterocycles. The maximum Gasteiger partial charge on any atom is 0.228 e. The predicted octanol–water partition coefficient (Wildman–Crippen LogP) is 4.13. The van der Waals surface area contributed by atoms with Crippen LogP contribution >= 0.6 is 0 Å². The fourth-order valence-corrected chi connectivity index (χ4v) is 3.52. The first-order chi connectivity index (χ1) is 11.7. The number of ether oxygens (including phenoxy) is 1. The highest BCUT2D eigenvalue weighted by molar-refractivity contribution is 6.05. The van der Waals surface area contributed by atoms with Crippen molar-refractivity contribution >= 4 is 22.4 Å². The second-order valence-electron chi connectivity index (χ2n) is 6.19. The molecule has 0 radical (unpaired) electrons. The number of rotatable bonds is 4. The average Bonchev–Trinajstić information content (AvgIpc) is 3.02. The summed E-state index contributed by atoms with van der Waals surface area (Å²) in [6.07, 6.45) is 2.52. The van der Waals surface area contributed by atoms with E-state index < -0.39 is 0 Å². The molecule has 0 bridgehead atoms. The van der Waals surface area contributed by atoms with Crippen molar-refractivity contribution in [1.29, 1.82) is 0 Å². The SMILES string of the molecule is COc1cccc(CC(=O)Nc2ccc3c4c(cccc24)CC3)c1. The molecule has 3 aromatic rings. The van der Waals surface area contributed by atoms with E-state index in [0.717, 1.165) is 35.2 Å². The fraction of sp³-hybridized carbons (Fsp3) is 0.190. The van der Waals surface area contributed by atoms with E-state index in [1.165, 1.54) is 16.5 Å². The third-order valence-corrected chi connectivity index (χ3v) is 4.65. The zero-order chi connectivity index (χ0) is 16.5. The molecule has 0 atom stereocenters. The Kier molecular flexibility index (Phi) is 3.69. The van der Waals surface area contributed by atoms with E-state index in [-0.39, 0.29) is 5.91 Å². The molecule has 0 heterocycles. The highest BCUT2D eigenvalue weighted by atomic mass is 16.5. The van der Waals surface area contributed by atoms with E-state index in [1.807, 2.05) is 30.3 Å². The van der Waals surface area contributed by atoms with Crippen LogP contribution in [0.2, 0.25) is 0 Å². The summed E-state index contributed by atoms with van der Waals surface area (Å²) >= 11 is 0. The standard InChI is InChI=1S/C21H19NO2/c1-24-17-6-2-4-14(12-17)13-20(23)22-19-11-10-16-9-8-15-5-3-7-18(19)21(15)16/h2-7,10-12H,8-9,13H2,1H3,(H,22,23). The van der Waals surface area contributed by atoms with Gasteiger partial charge < -0.3 is 10.1 Å². The molecule has 0 fully saturated rings. The summed E-state index contributed by atoms with van der Waals surface area (Å²) < 4.78 is 5.21. The molecule has 1 amide bonds. The topological polar surface area (TPSA) is 38.3 Å².